The Morgan fingerprint density at radius 3 is 2.62 bits per heavy atom. The van der Waals surface area contributed by atoms with E-state index in [4.69, 9.17) is 9.47 Å². The predicted octanol–water partition coefficient (Wildman–Crippen LogP) is 3.75. The summed E-state index contributed by atoms with van der Waals surface area (Å²) in [6.45, 7) is 0.712. The van der Waals surface area contributed by atoms with Crippen LogP contribution in [0.15, 0.2) is 42.7 Å². The van der Waals surface area contributed by atoms with Gasteiger partial charge in [0.25, 0.3) is 5.91 Å². The van der Waals surface area contributed by atoms with Crippen LogP contribution in [0, 0.1) is 5.92 Å². The summed E-state index contributed by atoms with van der Waals surface area (Å²) >= 11 is 0. The number of carbonyl (C=O) groups is 1. The third-order valence-corrected chi connectivity index (χ3v) is 5.06. The molecule has 1 aromatic heterocycles. The first-order chi connectivity index (χ1) is 12.6. The summed E-state index contributed by atoms with van der Waals surface area (Å²) in [7, 11) is 5.16. The van der Waals surface area contributed by atoms with Crippen molar-refractivity contribution >= 4 is 5.91 Å². The molecule has 3 rings (SSSR count). The number of pyridine rings is 1. The SMILES string of the molecule is COc1ccc(C(CCN(C)C(=O)c2cccnc2)C2CC2)cc1OC. The van der Waals surface area contributed by atoms with Gasteiger partial charge in [-0.1, -0.05) is 6.07 Å². The van der Waals surface area contributed by atoms with Gasteiger partial charge in [0, 0.05) is 26.0 Å². The van der Waals surface area contributed by atoms with E-state index < -0.39 is 0 Å². The molecule has 0 bridgehead atoms. The maximum atomic E-state index is 12.5. The summed E-state index contributed by atoms with van der Waals surface area (Å²) in [4.78, 5) is 18.3. The summed E-state index contributed by atoms with van der Waals surface area (Å²) in [5.74, 6) is 2.64. The number of hydrogen-bond acceptors (Lipinski definition) is 4. The number of nitrogens with zero attached hydrogens (tertiary/aromatic N) is 2. The molecule has 0 N–H and O–H groups in total. The number of ether oxygens (including phenoxy) is 2. The third kappa shape index (κ3) is 4.15. The second-order valence-corrected chi connectivity index (χ2v) is 6.82. The number of amides is 1. The van der Waals surface area contributed by atoms with Crippen LogP contribution in [-0.4, -0.2) is 43.6 Å². The number of methoxy groups -OCH3 is 2. The molecule has 0 spiro atoms. The largest absolute Gasteiger partial charge is 0.493 e. The molecule has 1 fully saturated rings. The maximum Gasteiger partial charge on any atom is 0.255 e. The Bertz CT molecular complexity index is 744. The molecule has 1 aliphatic rings. The van der Waals surface area contributed by atoms with Crippen LogP contribution < -0.4 is 9.47 Å². The van der Waals surface area contributed by atoms with Gasteiger partial charge in [-0.15, -0.1) is 0 Å². The lowest BCUT2D eigenvalue weighted by Gasteiger charge is -2.23. The van der Waals surface area contributed by atoms with Gasteiger partial charge in [0.15, 0.2) is 11.5 Å². The van der Waals surface area contributed by atoms with Gasteiger partial charge in [-0.2, -0.15) is 0 Å². The molecule has 1 aromatic carbocycles. The molecule has 5 heteroatoms. The van der Waals surface area contributed by atoms with E-state index in [2.05, 4.69) is 17.1 Å². The summed E-state index contributed by atoms with van der Waals surface area (Å²) < 4.78 is 10.8. The monoisotopic (exact) mass is 354 g/mol. The van der Waals surface area contributed by atoms with Gasteiger partial charge in [-0.3, -0.25) is 9.78 Å². The van der Waals surface area contributed by atoms with E-state index in [1.165, 1.54) is 18.4 Å². The molecule has 0 saturated heterocycles. The number of benzene rings is 1. The molecule has 0 radical (unpaired) electrons. The van der Waals surface area contributed by atoms with Crippen molar-refractivity contribution in [3.05, 3.63) is 53.9 Å². The lowest BCUT2D eigenvalue weighted by Crippen LogP contribution is -2.29. The van der Waals surface area contributed by atoms with Crippen molar-refractivity contribution in [2.75, 3.05) is 27.8 Å². The predicted molar refractivity (Wildman–Crippen MR) is 101 cm³/mol. The fourth-order valence-corrected chi connectivity index (χ4v) is 3.40. The van der Waals surface area contributed by atoms with Crippen LogP contribution in [0.4, 0.5) is 0 Å². The van der Waals surface area contributed by atoms with Crippen molar-refractivity contribution in [2.45, 2.75) is 25.2 Å². The van der Waals surface area contributed by atoms with E-state index in [9.17, 15) is 4.79 Å². The van der Waals surface area contributed by atoms with Gasteiger partial charge in [0.1, 0.15) is 0 Å². The molecular weight excluding hydrogens is 328 g/mol. The van der Waals surface area contributed by atoms with E-state index in [1.54, 1.807) is 43.6 Å². The molecule has 1 atom stereocenters. The molecule has 1 amide bonds. The molecule has 1 unspecified atom stereocenters. The van der Waals surface area contributed by atoms with Crippen LogP contribution >= 0.6 is 0 Å². The van der Waals surface area contributed by atoms with Gasteiger partial charge in [0.05, 0.1) is 19.8 Å². The van der Waals surface area contributed by atoms with E-state index >= 15 is 0 Å². The highest BCUT2D eigenvalue weighted by atomic mass is 16.5. The van der Waals surface area contributed by atoms with Crippen molar-refractivity contribution in [2.24, 2.45) is 5.92 Å². The van der Waals surface area contributed by atoms with E-state index in [1.807, 2.05) is 13.1 Å². The Hall–Kier alpha value is -2.56. The van der Waals surface area contributed by atoms with E-state index in [0.29, 0.717) is 23.9 Å². The zero-order chi connectivity index (χ0) is 18.5. The number of aromatic nitrogens is 1. The molecule has 1 aliphatic carbocycles. The topological polar surface area (TPSA) is 51.7 Å². The Kier molecular flexibility index (Phi) is 5.76. The quantitative estimate of drug-likeness (QED) is 0.724. The Labute approximate surface area is 155 Å². The highest BCUT2D eigenvalue weighted by Crippen LogP contribution is 2.46. The minimum absolute atomic E-state index is 0.0139. The van der Waals surface area contributed by atoms with Crippen molar-refractivity contribution in [1.82, 2.24) is 9.88 Å². The Balaban J connectivity index is 1.69. The number of hydrogen-bond donors (Lipinski definition) is 0. The second kappa shape index (κ2) is 8.21. The van der Waals surface area contributed by atoms with Gasteiger partial charge in [0.2, 0.25) is 0 Å². The first-order valence-electron chi connectivity index (χ1n) is 9.01. The second-order valence-electron chi connectivity index (χ2n) is 6.82. The normalized spacial score (nSPS) is 14.6. The lowest BCUT2D eigenvalue weighted by molar-refractivity contribution is 0.0789. The van der Waals surface area contributed by atoms with Crippen LogP contribution in [0.5, 0.6) is 11.5 Å². The molecule has 1 saturated carbocycles. The maximum absolute atomic E-state index is 12.5. The van der Waals surface area contributed by atoms with E-state index in [-0.39, 0.29) is 5.91 Å². The first-order valence-corrected chi connectivity index (χ1v) is 9.01. The standard InChI is InChI=1S/C21H26N2O3/c1-23(21(24)17-5-4-11-22-14-17)12-10-18(15-6-7-15)16-8-9-19(25-2)20(13-16)26-3/h4-5,8-9,11,13-15,18H,6-7,10,12H2,1-3H3. The van der Waals surface area contributed by atoms with Crippen LogP contribution in [0.25, 0.3) is 0 Å². The smallest absolute Gasteiger partial charge is 0.255 e. The van der Waals surface area contributed by atoms with Crippen LogP contribution in [-0.2, 0) is 0 Å². The Morgan fingerprint density at radius 2 is 2.00 bits per heavy atom. The van der Waals surface area contributed by atoms with Crippen molar-refractivity contribution in [3.8, 4) is 11.5 Å². The molecular formula is C21H26N2O3. The zero-order valence-electron chi connectivity index (χ0n) is 15.6. The highest BCUT2D eigenvalue weighted by molar-refractivity contribution is 5.93. The van der Waals surface area contributed by atoms with Gasteiger partial charge >= 0.3 is 0 Å². The van der Waals surface area contributed by atoms with Crippen molar-refractivity contribution < 1.29 is 14.3 Å². The zero-order valence-corrected chi connectivity index (χ0v) is 15.6. The van der Waals surface area contributed by atoms with E-state index in [0.717, 1.165) is 17.9 Å². The van der Waals surface area contributed by atoms with Crippen molar-refractivity contribution in [1.29, 1.82) is 0 Å². The molecule has 5 nitrogen and oxygen atoms in total. The highest BCUT2D eigenvalue weighted by Gasteiger charge is 2.33. The van der Waals surface area contributed by atoms with Crippen molar-refractivity contribution in [3.63, 3.8) is 0 Å². The van der Waals surface area contributed by atoms with Crippen LogP contribution in [0.1, 0.15) is 41.1 Å². The lowest BCUT2D eigenvalue weighted by atomic mass is 9.90. The summed E-state index contributed by atoms with van der Waals surface area (Å²) in [6, 6.07) is 9.75. The first kappa shape index (κ1) is 18.2. The number of rotatable bonds is 8. The molecule has 26 heavy (non-hydrogen) atoms. The summed E-state index contributed by atoms with van der Waals surface area (Å²) in [5, 5.41) is 0. The van der Waals surface area contributed by atoms with Gasteiger partial charge in [-0.05, 0) is 60.9 Å². The minimum Gasteiger partial charge on any atom is -0.493 e. The average Bonchev–Trinajstić information content (AvgIpc) is 3.53. The number of carbonyl (C=O) groups excluding carboxylic acids is 1. The average molecular weight is 354 g/mol. The summed E-state index contributed by atoms with van der Waals surface area (Å²) in [6.07, 6.45) is 6.73. The van der Waals surface area contributed by atoms with Gasteiger partial charge in [-0.25, -0.2) is 0 Å². The minimum atomic E-state index is 0.0139. The van der Waals surface area contributed by atoms with Gasteiger partial charge < -0.3 is 14.4 Å². The molecule has 138 valence electrons. The summed E-state index contributed by atoms with van der Waals surface area (Å²) in [5.41, 5.74) is 1.89. The molecule has 1 heterocycles. The van der Waals surface area contributed by atoms with Crippen LogP contribution in [0.2, 0.25) is 0 Å². The fraction of sp³-hybridized carbons (Fsp3) is 0.429. The fourth-order valence-electron chi connectivity index (χ4n) is 3.40. The molecule has 2 aromatic rings. The van der Waals surface area contributed by atoms with Crippen LogP contribution in [0.3, 0.4) is 0 Å². The Morgan fingerprint density at radius 1 is 1.23 bits per heavy atom. The third-order valence-electron chi connectivity index (χ3n) is 5.06. The molecule has 0 aliphatic heterocycles.